The van der Waals surface area contributed by atoms with E-state index in [1.165, 1.54) is 21.9 Å². The Bertz CT molecular complexity index is 1100. The van der Waals surface area contributed by atoms with Crippen LogP contribution in [0.4, 0.5) is 10.8 Å². The van der Waals surface area contributed by atoms with Gasteiger partial charge in [-0.05, 0) is 50.8 Å². The minimum Gasteiger partial charge on any atom is -0.346 e. The normalized spacial score (nSPS) is 17.1. The molecule has 0 spiro atoms. The summed E-state index contributed by atoms with van der Waals surface area (Å²) in [6, 6.07) is 7.54. The maximum Gasteiger partial charge on any atom is 0.275 e. The molecule has 0 bridgehead atoms. The summed E-state index contributed by atoms with van der Waals surface area (Å²) in [6.07, 6.45) is 1.75. The lowest BCUT2D eigenvalue weighted by Gasteiger charge is -2.31. The molecule has 8 heteroatoms. The van der Waals surface area contributed by atoms with Crippen LogP contribution < -0.4 is 15.8 Å². The Morgan fingerprint density at radius 3 is 2.89 bits per heavy atom. The van der Waals surface area contributed by atoms with Gasteiger partial charge in [-0.3, -0.25) is 9.59 Å². The molecule has 4 rings (SSSR count). The number of hydrogen-bond acceptors (Lipinski definition) is 6. The average molecular weight is 398 g/mol. The average Bonchev–Trinajstić information content (AvgIpc) is 3.09. The van der Waals surface area contributed by atoms with Crippen molar-refractivity contribution in [3.63, 3.8) is 0 Å². The number of piperidine rings is 1. The Balaban J connectivity index is 1.53. The quantitative estimate of drug-likeness (QED) is 0.735. The number of nitrogens with zero attached hydrogens (tertiary/aromatic N) is 4. The number of rotatable bonds is 3. The highest BCUT2D eigenvalue weighted by Crippen LogP contribution is 2.28. The number of anilines is 2. The third-order valence-corrected chi connectivity index (χ3v) is 6.05. The number of aromatic nitrogens is 3. The van der Waals surface area contributed by atoms with Gasteiger partial charge in [-0.25, -0.2) is 4.98 Å². The van der Waals surface area contributed by atoms with Crippen LogP contribution in [0.2, 0.25) is 0 Å². The molecule has 146 valence electrons. The number of fused-ring (bicyclic) bond motifs is 1. The van der Waals surface area contributed by atoms with Gasteiger partial charge in [0.2, 0.25) is 16.0 Å². The highest BCUT2D eigenvalue weighted by Gasteiger charge is 2.28. The summed E-state index contributed by atoms with van der Waals surface area (Å²) in [5.74, 6) is -0.0854. The van der Waals surface area contributed by atoms with Crippen LogP contribution in [0.15, 0.2) is 29.1 Å². The van der Waals surface area contributed by atoms with E-state index in [0.29, 0.717) is 17.2 Å². The van der Waals surface area contributed by atoms with Crippen molar-refractivity contribution >= 4 is 33.0 Å². The third-order valence-electron chi connectivity index (χ3n) is 5.08. The monoisotopic (exact) mass is 397 g/mol. The summed E-state index contributed by atoms with van der Waals surface area (Å²) in [5, 5.41) is 8.26. The molecular weight excluding hydrogens is 374 g/mol. The first-order valence-electron chi connectivity index (χ1n) is 9.41. The van der Waals surface area contributed by atoms with Crippen LogP contribution in [0.25, 0.3) is 4.96 Å². The van der Waals surface area contributed by atoms with Gasteiger partial charge < -0.3 is 10.2 Å². The predicted molar refractivity (Wildman–Crippen MR) is 111 cm³/mol. The minimum absolute atomic E-state index is 0.0330. The summed E-state index contributed by atoms with van der Waals surface area (Å²) < 4.78 is 1.34. The van der Waals surface area contributed by atoms with Gasteiger partial charge in [0, 0.05) is 30.5 Å². The van der Waals surface area contributed by atoms with Gasteiger partial charge in [-0.1, -0.05) is 23.5 Å². The standard InChI is InChI=1S/C20H23N5O2S/c1-12-6-7-13(2)16(9-12)22-18(27)15-5-4-8-24(11-15)20-23-25-17(26)10-14(3)21-19(25)28-20/h6-7,9-10,15H,4-5,8,11H2,1-3H3,(H,22,27). The third kappa shape index (κ3) is 3.64. The molecule has 0 saturated carbocycles. The van der Waals surface area contributed by atoms with E-state index in [2.05, 4.69) is 20.3 Å². The molecule has 3 heterocycles. The molecular formula is C20H23N5O2S. The zero-order valence-corrected chi connectivity index (χ0v) is 17.0. The molecule has 0 radical (unpaired) electrons. The molecule has 1 aliphatic rings. The fraction of sp³-hybridized carbons (Fsp3) is 0.400. The number of amides is 1. The first-order valence-corrected chi connectivity index (χ1v) is 10.2. The zero-order valence-electron chi connectivity index (χ0n) is 16.2. The van der Waals surface area contributed by atoms with E-state index in [1.807, 2.05) is 32.0 Å². The van der Waals surface area contributed by atoms with E-state index < -0.39 is 0 Å². The second-order valence-corrected chi connectivity index (χ2v) is 8.34. The van der Waals surface area contributed by atoms with Gasteiger partial charge in [-0.2, -0.15) is 4.52 Å². The molecule has 7 nitrogen and oxygen atoms in total. The lowest BCUT2D eigenvalue weighted by molar-refractivity contribution is -0.120. The van der Waals surface area contributed by atoms with E-state index in [9.17, 15) is 9.59 Å². The highest BCUT2D eigenvalue weighted by atomic mass is 32.1. The number of hydrogen-bond donors (Lipinski definition) is 1. The van der Waals surface area contributed by atoms with E-state index in [-0.39, 0.29) is 17.4 Å². The van der Waals surface area contributed by atoms with Crippen LogP contribution in [-0.2, 0) is 4.79 Å². The van der Waals surface area contributed by atoms with Crippen molar-refractivity contribution in [3.8, 4) is 0 Å². The first kappa shape index (κ1) is 18.6. The molecule has 2 aromatic heterocycles. The molecule has 0 aliphatic carbocycles. The van der Waals surface area contributed by atoms with Crippen molar-refractivity contribution in [2.45, 2.75) is 33.6 Å². The second-order valence-electron chi connectivity index (χ2n) is 7.41. The molecule has 1 atom stereocenters. The summed E-state index contributed by atoms with van der Waals surface area (Å²) >= 11 is 1.39. The molecule has 1 saturated heterocycles. The van der Waals surface area contributed by atoms with Crippen LogP contribution >= 0.6 is 11.3 Å². The highest BCUT2D eigenvalue weighted by molar-refractivity contribution is 7.20. The molecule has 1 aliphatic heterocycles. The molecule has 1 N–H and O–H groups in total. The first-order chi connectivity index (χ1) is 13.4. The van der Waals surface area contributed by atoms with Gasteiger partial charge in [0.25, 0.3) is 5.56 Å². The summed E-state index contributed by atoms with van der Waals surface area (Å²) in [5.41, 5.74) is 3.55. The second kappa shape index (κ2) is 7.35. The van der Waals surface area contributed by atoms with Gasteiger partial charge in [0.05, 0.1) is 5.92 Å². The Kier molecular flexibility index (Phi) is 4.89. The van der Waals surface area contributed by atoms with E-state index >= 15 is 0 Å². The van der Waals surface area contributed by atoms with Crippen molar-refractivity contribution in [1.82, 2.24) is 14.6 Å². The van der Waals surface area contributed by atoms with E-state index in [0.717, 1.165) is 41.3 Å². The number of carbonyl (C=O) groups is 1. The number of aryl methyl sites for hydroxylation is 3. The largest absolute Gasteiger partial charge is 0.346 e. The minimum atomic E-state index is -0.175. The molecule has 1 aromatic carbocycles. The predicted octanol–water partition coefficient (Wildman–Crippen LogP) is 2.93. The number of nitrogens with one attached hydrogen (secondary N) is 1. The van der Waals surface area contributed by atoms with Gasteiger partial charge in [0.15, 0.2) is 0 Å². The van der Waals surface area contributed by atoms with Crippen molar-refractivity contribution in [2.24, 2.45) is 5.92 Å². The Hall–Kier alpha value is -2.74. The molecule has 3 aromatic rings. The Labute approximate surface area is 167 Å². The van der Waals surface area contributed by atoms with Gasteiger partial charge >= 0.3 is 0 Å². The topological polar surface area (TPSA) is 79.6 Å². The maximum absolute atomic E-state index is 12.9. The maximum atomic E-state index is 12.9. The van der Waals surface area contributed by atoms with Crippen LogP contribution in [0.5, 0.6) is 0 Å². The molecule has 1 amide bonds. The SMILES string of the molecule is Cc1ccc(C)c(NC(=O)C2CCCN(c3nn4c(=O)cc(C)nc4s3)C2)c1. The van der Waals surface area contributed by atoms with Gasteiger partial charge in [-0.15, -0.1) is 5.10 Å². The van der Waals surface area contributed by atoms with Crippen molar-refractivity contribution in [3.05, 3.63) is 51.4 Å². The lowest BCUT2D eigenvalue weighted by Crippen LogP contribution is -2.41. The van der Waals surface area contributed by atoms with Crippen LogP contribution in [0.1, 0.15) is 29.7 Å². The van der Waals surface area contributed by atoms with Crippen LogP contribution in [0, 0.1) is 26.7 Å². The molecule has 1 unspecified atom stereocenters. The fourth-order valence-corrected chi connectivity index (χ4v) is 4.50. The summed E-state index contributed by atoms with van der Waals surface area (Å²) in [6.45, 7) is 7.22. The summed E-state index contributed by atoms with van der Waals surface area (Å²) in [7, 11) is 0. The fourth-order valence-electron chi connectivity index (χ4n) is 3.51. The number of benzene rings is 1. The lowest BCUT2D eigenvalue weighted by atomic mass is 9.97. The van der Waals surface area contributed by atoms with Crippen molar-refractivity contribution < 1.29 is 4.79 Å². The van der Waals surface area contributed by atoms with Crippen LogP contribution in [-0.4, -0.2) is 33.6 Å². The molecule has 28 heavy (non-hydrogen) atoms. The smallest absolute Gasteiger partial charge is 0.275 e. The van der Waals surface area contributed by atoms with E-state index in [1.54, 1.807) is 6.92 Å². The Morgan fingerprint density at radius 1 is 1.25 bits per heavy atom. The van der Waals surface area contributed by atoms with Crippen LogP contribution in [0.3, 0.4) is 0 Å². The van der Waals surface area contributed by atoms with Crippen molar-refractivity contribution in [1.29, 1.82) is 0 Å². The van der Waals surface area contributed by atoms with Gasteiger partial charge in [0.1, 0.15) is 0 Å². The molecule has 1 fully saturated rings. The van der Waals surface area contributed by atoms with E-state index in [4.69, 9.17) is 0 Å². The Morgan fingerprint density at radius 2 is 2.07 bits per heavy atom. The van der Waals surface area contributed by atoms with Crippen molar-refractivity contribution in [2.75, 3.05) is 23.3 Å². The zero-order chi connectivity index (χ0) is 19.8. The summed E-state index contributed by atoms with van der Waals surface area (Å²) in [4.78, 5) is 32.0. The number of carbonyl (C=O) groups excluding carboxylic acids is 1.